The first-order valence-corrected chi connectivity index (χ1v) is 6.36. The van der Waals surface area contributed by atoms with Gasteiger partial charge in [-0.15, -0.1) is 0 Å². The van der Waals surface area contributed by atoms with Gasteiger partial charge < -0.3 is 10.4 Å². The predicted octanol–water partition coefficient (Wildman–Crippen LogP) is 2.12. The molecule has 0 fully saturated rings. The van der Waals surface area contributed by atoms with Crippen LogP contribution in [-0.4, -0.2) is 29.1 Å². The molecule has 0 aliphatic heterocycles. The Bertz CT molecular complexity index is 641. The van der Waals surface area contributed by atoms with Crippen molar-refractivity contribution < 1.29 is 14.3 Å². The Labute approximate surface area is 116 Å². The number of pyridine rings is 1. The molecule has 2 N–H and O–H groups in total. The summed E-state index contributed by atoms with van der Waals surface area (Å²) in [5, 5.41) is 12.5. The maximum Gasteiger partial charge on any atom is 0.252 e. The van der Waals surface area contributed by atoms with Crippen LogP contribution in [0, 0.1) is 11.2 Å². The molecule has 2 aromatic rings. The van der Waals surface area contributed by atoms with E-state index in [4.69, 9.17) is 5.11 Å². The molecule has 0 atom stereocenters. The highest BCUT2D eigenvalue weighted by atomic mass is 19.1. The monoisotopic (exact) mass is 276 g/mol. The lowest BCUT2D eigenvalue weighted by molar-refractivity contribution is 0.0911. The lowest BCUT2D eigenvalue weighted by Gasteiger charge is -2.21. The van der Waals surface area contributed by atoms with Gasteiger partial charge in [-0.3, -0.25) is 9.78 Å². The van der Waals surface area contributed by atoms with E-state index in [2.05, 4.69) is 10.3 Å². The first-order valence-electron chi connectivity index (χ1n) is 6.36. The predicted molar refractivity (Wildman–Crippen MR) is 74.9 cm³/mol. The fourth-order valence-electron chi connectivity index (χ4n) is 1.73. The molecule has 0 aliphatic rings. The molecule has 2 rings (SSSR count). The second-order valence-electron chi connectivity index (χ2n) is 5.54. The molecule has 0 bridgehead atoms. The fraction of sp³-hybridized carbons (Fsp3) is 0.333. The van der Waals surface area contributed by atoms with E-state index in [1.165, 1.54) is 12.3 Å². The number of fused-ring (bicyclic) bond motifs is 1. The summed E-state index contributed by atoms with van der Waals surface area (Å²) in [6.45, 7) is 4.03. The maximum atomic E-state index is 13.5. The molecule has 0 spiro atoms. The van der Waals surface area contributed by atoms with Crippen molar-refractivity contribution in [3.05, 3.63) is 41.8 Å². The molecular formula is C15H17FN2O2. The molecule has 0 aliphatic carbocycles. The number of para-hydroxylation sites is 1. The summed E-state index contributed by atoms with van der Waals surface area (Å²) in [4.78, 5) is 16.0. The second-order valence-corrected chi connectivity index (χ2v) is 5.54. The van der Waals surface area contributed by atoms with E-state index in [0.717, 1.165) is 0 Å². The number of aliphatic hydroxyl groups excluding tert-OH is 1. The molecule has 106 valence electrons. The van der Waals surface area contributed by atoms with Crippen molar-refractivity contribution in [1.82, 2.24) is 10.3 Å². The van der Waals surface area contributed by atoms with Crippen molar-refractivity contribution >= 4 is 16.8 Å². The standard InChI is InChI=1S/C15H17FN2O2/c1-15(2,9-19)8-18-14(20)11-6-10-4-3-5-12(16)13(10)17-7-11/h3-7,19H,8-9H2,1-2H3,(H,18,20). The van der Waals surface area contributed by atoms with Crippen LogP contribution in [0.2, 0.25) is 0 Å². The van der Waals surface area contributed by atoms with E-state index < -0.39 is 5.82 Å². The summed E-state index contributed by atoms with van der Waals surface area (Å²) in [7, 11) is 0. The Morgan fingerprint density at radius 1 is 1.45 bits per heavy atom. The van der Waals surface area contributed by atoms with Crippen molar-refractivity contribution in [3.8, 4) is 0 Å². The van der Waals surface area contributed by atoms with Crippen LogP contribution in [0.15, 0.2) is 30.5 Å². The number of nitrogens with zero attached hydrogens (tertiary/aromatic N) is 1. The van der Waals surface area contributed by atoms with Gasteiger partial charge in [-0.05, 0) is 12.1 Å². The van der Waals surface area contributed by atoms with Gasteiger partial charge in [-0.25, -0.2) is 4.39 Å². The molecule has 0 saturated heterocycles. The quantitative estimate of drug-likeness (QED) is 0.899. The van der Waals surface area contributed by atoms with E-state index >= 15 is 0 Å². The molecule has 1 amide bonds. The Morgan fingerprint density at radius 3 is 2.90 bits per heavy atom. The smallest absolute Gasteiger partial charge is 0.252 e. The highest BCUT2D eigenvalue weighted by Gasteiger charge is 2.18. The lowest BCUT2D eigenvalue weighted by Crippen LogP contribution is -2.36. The third-order valence-corrected chi connectivity index (χ3v) is 3.08. The van der Waals surface area contributed by atoms with Gasteiger partial charge >= 0.3 is 0 Å². The zero-order valence-corrected chi connectivity index (χ0v) is 11.5. The summed E-state index contributed by atoms with van der Waals surface area (Å²) in [6, 6.07) is 6.22. The number of carbonyl (C=O) groups excluding carboxylic acids is 1. The number of hydrogen-bond donors (Lipinski definition) is 2. The highest BCUT2D eigenvalue weighted by Crippen LogP contribution is 2.17. The first-order chi connectivity index (χ1) is 9.43. The van der Waals surface area contributed by atoms with E-state index in [-0.39, 0.29) is 23.4 Å². The number of benzene rings is 1. The number of halogens is 1. The van der Waals surface area contributed by atoms with Gasteiger partial charge in [0.05, 0.1) is 5.56 Å². The molecule has 20 heavy (non-hydrogen) atoms. The van der Waals surface area contributed by atoms with E-state index in [9.17, 15) is 9.18 Å². The van der Waals surface area contributed by atoms with Gasteiger partial charge in [0.1, 0.15) is 11.3 Å². The molecule has 5 heteroatoms. The van der Waals surface area contributed by atoms with Crippen LogP contribution in [0.3, 0.4) is 0 Å². The fourth-order valence-corrected chi connectivity index (χ4v) is 1.73. The van der Waals surface area contributed by atoms with Crippen LogP contribution in [0.1, 0.15) is 24.2 Å². The molecule has 4 nitrogen and oxygen atoms in total. The minimum atomic E-state index is -0.407. The van der Waals surface area contributed by atoms with E-state index in [1.807, 2.05) is 13.8 Å². The number of aliphatic hydroxyl groups is 1. The maximum absolute atomic E-state index is 13.5. The summed E-state index contributed by atoms with van der Waals surface area (Å²) in [5.41, 5.74) is 0.239. The summed E-state index contributed by atoms with van der Waals surface area (Å²) in [6.07, 6.45) is 1.35. The highest BCUT2D eigenvalue weighted by molar-refractivity contribution is 5.97. The average molecular weight is 276 g/mol. The van der Waals surface area contributed by atoms with Crippen molar-refractivity contribution in [2.24, 2.45) is 5.41 Å². The average Bonchev–Trinajstić information content (AvgIpc) is 2.45. The first kappa shape index (κ1) is 14.4. The molecule has 1 aromatic heterocycles. The zero-order chi connectivity index (χ0) is 14.8. The van der Waals surface area contributed by atoms with Gasteiger partial charge in [0, 0.05) is 30.1 Å². The van der Waals surface area contributed by atoms with Crippen LogP contribution in [0.5, 0.6) is 0 Å². The van der Waals surface area contributed by atoms with Crippen LogP contribution >= 0.6 is 0 Å². The number of aromatic nitrogens is 1. The third kappa shape index (κ3) is 3.11. The minimum absolute atomic E-state index is 0.0194. The van der Waals surface area contributed by atoms with E-state index in [0.29, 0.717) is 17.5 Å². The Hall–Kier alpha value is -2.01. The number of carbonyl (C=O) groups is 1. The van der Waals surface area contributed by atoms with Crippen LogP contribution in [0.25, 0.3) is 10.9 Å². The van der Waals surface area contributed by atoms with Crippen LogP contribution in [-0.2, 0) is 0 Å². The molecular weight excluding hydrogens is 259 g/mol. The lowest BCUT2D eigenvalue weighted by atomic mass is 9.95. The SMILES string of the molecule is CC(C)(CO)CNC(=O)c1cnc2c(F)cccc2c1. The van der Waals surface area contributed by atoms with Crippen LogP contribution in [0.4, 0.5) is 4.39 Å². The number of amides is 1. The summed E-state index contributed by atoms with van der Waals surface area (Å²) >= 11 is 0. The number of hydrogen-bond acceptors (Lipinski definition) is 3. The molecule has 0 unspecified atom stereocenters. The topological polar surface area (TPSA) is 62.2 Å². The minimum Gasteiger partial charge on any atom is -0.396 e. The van der Waals surface area contributed by atoms with Crippen molar-refractivity contribution in [1.29, 1.82) is 0 Å². The van der Waals surface area contributed by atoms with Gasteiger partial charge in [0.15, 0.2) is 0 Å². The Morgan fingerprint density at radius 2 is 2.20 bits per heavy atom. The van der Waals surface area contributed by atoms with Crippen molar-refractivity contribution in [2.75, 3.05) is 13.2 Å². The molecule has 1 heterocycles. The molecule has 0 radical (unpaired) electrons. The van der Waals surface area contributed by atoms with E-state index in [1.54, 1.807) is 18.2 Å². The summed E-state index contributed by atoms with van der Waals surface area (Å²) < 4.78 is 13.5. The van der Waals surface area contributed by atoms with Crippen molar-refractivity contribution in [3.63, 3.8) is 0 Å². The van der Waals surface area contributed by atoms with Gasteiger partial charge in [-0.2, -0.15) is 0 Å². The summed E-state index contributed by atoms with van der Waals surface area (Å²) in [5.74, 6) is -0.693. The molecule has 1 aromatic carbocycles. The third-order valence-electron chi connectivity index (χ3n) is 3.08. The largest absolute Gasteiger partial charge is 0.396 e. The Kier molecular flexibility index (Phi) is 3.99. The van der Waals surface area contributed by atoms with Gasteiger partial charge in [0.25, 0.3) is 5.91 Å². The molecule has 0 saturated carbocycles. The van der Waals surface area contributed by atoms with Gasteiger partial charge in [0.2, 0.25) is 0 Å². The zero-order valence-electron chi connectivity index (χ0n) is 11.5. The Balaban J connectivity index is 2.19. The number of nitrogens with one attached hydrogen (secondary N) is 1. The van der Waals surface area contributed by atoms with Crippen LogP contribution < -0.4 is 5.32 Å². The van der Waals surface area contributed by atoms with Crippen molar-refractivity contribution in [2.45, 2.75) is 13.8 Å². The second kappa shape index (κ2) is 5.54. The normalized spacial score (nSPS) is 11.6. The van der Waals surface area contributed by atoms with Gasteiger partial charge in [-0.1, -0.05) is 26.0 Å². The number of rotatable bonds is 4.